The van der Waals surface area contributed by atoms with Crippen LogP contribution in [0.25, 0.3) is 22.8 Å². The molecular formula is C19H18FN3O2. The Hall–Kier alpha value is -3.02. The van der Waals surface area contributed by atoms with Crippen LogP contribution in [-0.2, 0) is 4.79 Å². The van der Waals surface area contributed by atoms with E-state index in [2.05, 4.69) is 15.5 Å². The van der Waals surface area contributed by atoms with Crippen LogP contribution in [0.1, 0.15) is 26.2 Å². The lowest BCUT2D eigenvalue weighted by Crippen LogP contribution is -2.11. The van der Waals surface area contributed by atoms with E-state index >= 15 is 0 Å². The molecule has 0 aliphatic heterocycles. The van der Waals surface area contributed by atoms with Crippen molar-refractivity contribution >= 4 is 11.6 Å². The highest BCUT2D eigenvalue weighted by Gasteiger charge is 2.15. The molecule has 1 N–H and O–H groups in total. The molecule has 0 saturated carbocycles. The summed E-state index contributed by atoms with van der Waals surface area (Å²) < 4.78 is 18.4. The molecule has 128 valence electrons. The third-order valence-electron chi connectivity index (χ3n) is 3.72. The Morgan fingerprint density at radius 1 is 1.16 bits per heavy atom. The number of carbonyl (C=O) groups is 1. The predicted octanol–water partition coefficient (Wildman–Crippen LogP) is 4.67. The molecule has 0 aliphatic rings. The minimum atomic E-state index is -0.326. The molecule has 5 nitrogen and oxygen atoms in total. The maximum absolute atomic E-state index is 13.0. The SMILES string of the molecule is CCCCC(=O)Nc1ccccc1-c1nc(-c2ccc(F)cc2)no1. The maximum Gasteiger partial charge on any atom is 0.260 e. The minimum Gasteiger partial charge on any atom is -0.334 e. The molecule has 0 spiro atoms. The summed E-state index contributed by atoms with van der Waals surface area (Å²) in [6.07, 6.45) is 2.26. The molecule has 0 aliphatic carbocycles. The summed E-state index contributed by atoms with van der Waals surface area (Å²) in [4.78, 5) is 16.4. The molecule has 1 heterocycles. The van der Waals surface area contributed by atoms with Gasteiger partial charge in [-0.1, -0.05) is 30.6 Å². The molecular weight excluding hydrogens is 321 g/mol. The highest BCUT2D eigenvalue weighted by molar-refractivity contribution is 5.94. The second-order valence-corrected chi connectivity index (χ2v) is 5.63. The van der Waals surface area contributed by atoms with Gasteiger partial charge in [-0.15, -0.1) is 0 Å². The Labute approximate surface area is 144 Å². The van der Waals surface area contributed by atoms with Crippen LogP contribution in [-0.4, -0.2) is 16.0 Å². The number of para-hydroxylation sites is 1. The summed E-state index contributed by atoms with van der Waals surface area (Å²) in [5, 5.41) is 6.83. The predicted molar refractivity (Wildman–Crippen MR) is 93.3 cm³/mol. The number of anilines is 1. The molecule has 1 amide bonds. The molecule has 2 aromatic carbocycles. The summed E-state index contributed by atoms with van der Waals surface area (Å²) in [5.41, 5.74) is 1.92. The van der Waals surface area contributed by atoms with E-state index in [0.29, 0.717) is 35.0 Å². The Balaban J connectivity index is 1.85. The topological polar surface area (TPSA) is 68.0 Å². The molecule has 0 fully saturated rings. The van der Waals surface area contributed by atoms with E-state index in [-0.39, 0.29) is 11.7 Å². The van der Waals surface area contributed by atoms with Gasteiger partial charge in [0.25, 0.3) is 5.89 Å². The lowest BCUT2D eigenvalue weighted by molar-refractivity contribution is -0.116. The van der Waals surface area contributed by atoms with Crippen molar-refractivity contribution in [3.8, 4) is 22.8 Å². The molecule has 0 radical (unpaired) electrons. The van der Waals surface area contributed by atoms with Crippen molar-refractivity contribution in [2.75, 3.05) is 5.32 Å². The lowest BCUT2D eigenvalue weighted by atomic mass is 10.1. The van der Waals surface area contributed by atoms with Gasteiger partial charge in [-0.05, 0) is 42.8 Å². The van der Waals surface area contributed by atoms with Crippen LogP contribution < -0.4 is 5.32 Å². The number of aromatic nitrogens is 2. The number of halogens is 1. The molecule has 25 heavy (non-hydrogen) atoms. The zero-order valence-corrected chi connectivity index (χ0v) is 13.8. The summed E-state index contributed by atoms with van der Waals surface area (Å²) in [6, 6.07) is 13.1. The van der Waals surface area contributed by atoms with E-state index in [1.165, 1.54) is 12.1 Å². The number of nitrogens with zero attached hydrogens (tertiary/aromatic N) is 2. The number of hydrogen-bond donors (Lipinski definition) is 1. The number of carbonyl (C=O) groups excluding carboxylic acids is 1. The second kappa shape index (κ2) is 7.70. The van der Waals surface area contributed by atoms with Gasteiger partial charge in [-0.2, -0.15) is 4.98 Å². The first kappa shape index (κ1) is 16.8. The quantitative estimate of drug-likeness (QED) is 0.708. The van der Waals surface area contributed by atoms with Crippen molar-refractivity contribution in [2.45, 2.75) is 26.2 Å². The standard InChI is InChI=1S/C19H18FN3O2/c1-2-3-8-17(24)21-16-7-5-4-6-15(16)19-22-18(23-25-19)13-9-11-14(20)12-10-13/h4-7,9-12H,2-3,8H2,1H3,(H,21,24). The number of unbranched alkanes of at least 4 members (excludes halogenated alkanes) is 1. The van der Waals surface area contributed by atoms with Crippen LogP contribution in [0.15, 0.2) is 53.1 Å². The zero-order chi connectivity index (χ0) is 17.6. The first-order chi connectivity index (χ1) is 12.2. The van der Waals surface area contributed by atoms with Gasteiger partial charge in [0.05, 0.1) is 11.3 Å². The zero-order valence-electron chi connectivity index (χ0n) is 13.8. The lowest BCUT2D eigenvalue weighted by Gasteiger charge is -2.08. The van der Waals surface area contributed by atoms with Crippen molar-refractivity contribution in [1.29, 1.82) is 0 Å². The third-order valence-corrected chi connectivity index (χ3v) is 3.72. The fourth-order valence-corrected chi connectivity index (χ4v) is 2.38. The van der Waals surface area contributed by atoms with Gasteiger partial charge in [0.15, 0.2) is 0 Å². The molecule has 0 atom stereocenters. The normalized spacial score (nSPS) is 10.6. The fourth-order valence-electron chi connectivity index (χ4n) is 2.38. The van der Waals surface area contributed by atoms with Gasteiger partial charge >= 0.3 is 0 Å². The molecule has 3 rings (SSSR count). The van der Waals surface area contributed by atoms with E-state index in [4.69, 9.17) is 4.52 Å². The Bertz CT molecular complexity index is 859. The van der Waals surface area contributed by atoms with Crippen molar-refractivity contribution in [3.05, 3.63) is 54.3 Å². The number of nitrogens with one attached hydrogen (secondary N) is 1. The second-order valence-electron chi connectivity index (χ2n) is 5.63. The van der Waals surface area contributed by atoms with Crippen molar-refractivity contribution in [2.24, 2.45) is 0 Å². The molecule has 3 aromatic rings. The molecule has 1 aromatic heterocycles. The summed E-state index contributed by atoms with van der Waals surface area (Å²) >= 11 is 0. The van der Waals surface area contributed by atoms with Crippen molar-refractivity contribution in [3.63, 3.8) is 0 Å². The maximum atomic E-state index is 13.0. The van der Waals surface area contributed by atoms with Gasteiger partial charge in [-0.3, -0.25) is 4.79 Å². The smallest absolute Gasteiger partial charge is 0.260 e. The van der Waals surface area contributed by atoms with Crippen LogP contribution in [0, 0.1) is 5.82 Å². The van der Waals surface area contributed by atoms with E-state index < -0.39 is 0 Å². The van der Waals surface area contributed by atoms with Crippen molar-refractivity contribution in [1.82, 2.24) is 10.1 Å². The van der Waals surface area contributed by atoms with Gasteiger partial charge < -0.3 is 9.84 Å². The van der Waals surface area contributed by atoms with Crippen LogP contribution in [0.2, 0.25) is 0 Å². The third kappa shape index (κ3) is 4.09. The first-order valence-corrected chi connectivity index (χ1v) is 8.16. The average molecular weight is 339 g/mol. The number of hydrogen-bond acceptors (Lipinski definition) is 4. The van der Waals surface area contributed by atoms with Gasteiger partial charge in [0, 0.05) is 12.0 Å². The number of rotatable bonds is 6. The van der Waals surface area contributed by atoms with Crippen LogP contribution >= 0.6 is 0 Å². The highest BCUT2D eigenvalue weighted by atomic mass is 19.1. The van der Waals surface area contributed by atoms with Crippen LogP contribution in [0.3, 0.4) is 0 Å². The largest absolute Gasteiger partial charge is 0.334 e. The average Bonchev–Trinajstić information content (AvgIpc) is 3.11. The minimum absolute atomic E-state index is 0.0485. The highest BCUT2D eigenvalue weighted by Crippen LogP contribution is 2.28. The van der Waals surface area contributed by atoms with Gasteiger partial charge in [-0.25, -0.2) is 4.39 Å². The number of amides is 1. The molecule has 0 bridgehead atoms. The van der Waals surface area contributed by atoms with Crippen molar-refractivity contribution < 1.29 is 13.7 Å². The monoisotopic (exact) mass is 339 g/mol. The van der Waals surface area contributed by atoms with E-state index in [9.17, 15) is 9.18 Å². The Kier molecular flexibility index (Phi) is 5.18. The van der Waals surface area contributed by atoms with E-state index in [1.807, 2.05) is 19.1 Å². The molecule has 6 heteroatoms. The summed E-state index contributed by atoms with van der Waals surface area (Å²) in [7, 11) is 0. The van der Waals surface area contributed by atoms with Crippen LogP contribution in [0.5, 0.6) is 0 Å². The van der Waals surface area contributed by atoms with Gasteiger partial charge in [0.1, 0.15) is 5.82 Å². The Morgan fingerprint density at radius 2 is 1.92 bits per heavy atom. The molecule has 0 saturated heterocycles. The van der Waals surface area contributed by atoms with Gasteiger partial charge in [0.2, 0.25) is 11.7 Å². The first-order valence-electron chi connectivity index (χ1n) is 8.16. The Morgan fingerprint density at radius 3 is 2.68 bits per heavy atom. The van der Waals surface area contributed by atoms with Crippen LogP contribution in [0.4, 0.5) is 10.1 Å². The summed E-state index contributed by atoms with van der Waals surface area (Å²) in [6.45, 7) is 2.04. The number of benzene rings is 2. The summed E-state index contributed by atoms with van der Waals surface area (Å²) in [5.74, 6) is 0.285. The van der Waals surface area contributed by atoms with E-state index in [0.717, 1.165) is 12.8 Å². The fraction of sp³-hybridized carbons (Fsp3) is 0.211. The molecule has 0 unspecified atom stereocenters. The van der Waals surface area contributed by atoms with E-state index in [1.54, 1.807) is 24.3 Å².